The maximum Gasteiger partial charge on any atom is 0.253 e. The molecule has 0 spiro atoms. The molecule has 0 bridgehead atoms. The van der Waals surface area contributed by atoms with Crippen LogP contribution in [0.5, 0.6) is 0 Å². The third-order valence-corrected chi connectivity index (χ3v) is 3.17. The quantitative estimate of drug-likeness (QED) is 0.434. The van der Waals surface area contributed by atoms with Gasteiger partial charge in [-0.25, -0.2) is 4.39 Å². The number of hydrogen-bond donors (Lipinski definition) is 3. The number of para-hydroxylation sites is 1. The average Bonchev–Trinajstić information content (AvgIpc) is 2.52. The predicted molar refractivity (Wildman–Crippen MR) is 81.3 cm³/mol. The normalized spacial score (nSPS) is 10.2. The number of halogens is 1. The molecule has 0 aliphatic heterocycles. The van der Waals surface area contributed by atoms with Crippen LogP contribution in [0.4, 0.5) is 10.1 Å². The second kappa shape index (κ2) is 7.40. The van der Waals surface area contributed by atoms with Gasteiger partial charge in [0.2, 0.25) is 0 Å². The Morgan fingerprint density at radius 1 is 1.10 bits per heavy atom. The van der Waals surface area contributed by atoms with Gasteiger partial charge in [0.15, 0.2) is 0 Å². The van der Waals surface area contributed by atoms with Crippen molar-refractivity contribution in [3.05, 3.63) is 65.5 Å². The third-order valence-electron chi connectivity index (χ3n) is 3.17. The van der Waals surface area contributed by atoms with Crippen molar-refractivity contribution in [2.45, 2.75) is 12.8 Å². The molecule has 110 valence electrons. The predicted octanol–water partition coefficient (Wildman–Crippen LogP) is 2.47. The van der Waals surface area contributed by atoms with Crippen LogP contribution in [0.25, 0.3) is 0 Å². The zero-order valence-corrected chi connectivity index (χ0v) is 11.6. The molecule has 0 aliphatic rings. The maximum atomic E-state index is 13.5. The Bertz CT molecular complexity index is 602. The topological polar surface area (TPSA) is 67.1 Å². The van der Waals surface area contributed by atoms with E-state index in [1.807, 2.05) is 30.3 Å². The Kier molecular flexibility index (Phi) is 5.29. The first-order valence-electron chi connectivity index (χ1n) is 6.79. The number of carbonyl (C=O) groups excluding carboxylic acids is 1. The van der Waals surface area contributed by atoms with E-state index in [1.165, 1.54) is 23.8 Å². The van der Waals surface area contributed by atoms with Crippen LogP contribution in [-0.4, -0.2) is 12.5 Å². The molecule has 4 nitrogen and oxygen atoms in total. The SMILES string of the molecule is NNc1c(F)cccc1C(=O)NCCCc1ccccc1. The molecule has 0 radical (unpaired) electrons. The first kappa shape index (κ1) is 15.0. The molecule has 2 aromatic rings. The van der Waals surface area contributed by atoms with Crippen LogP contribution < -0.4 is 16.6 Å². The summed E-state index contributed by atoms with van der Waals surface area (Å²) in [6.07, 6.45) is 1.70. The minimum absolute atomic E-state index is 0.0121. The molecule has 0 saturated heterocycles. The number of rotatable bonds is 6. The number of benzene rings is 2. The summed E-state index contributed by atoms with van der Waals surface area (Å²) in [4.78, 5) is 12.0. The van der Waals surface area contributed by atoms with E-state index in [2.05, 4.69) is 10.7 Å². The van der Waals surface area contributed by atoms with E-state index >= 15 is 0 Å². The molecule has 0 unspecified atom stereocenters. The van der Waals surface area contributed by atoms with Crippen LogP contribution in [-0.2, 0) is 6.42 Å². The van der Waals surface area contributed by atoms with Gasteiger partial charge < -0.3 is 10.7 Å². The standard InChI is InChI=1S/C16H18FN3O/c17-14-10-4-9-13(15(14)20-18)16(21)19-11-5-8-12-6-2-1-3-7-12/h1-4,6-7,9-10,20H,5,8,11,18H2,(H,19,21). The molecule has 0 saturated carbocycles. The monoisotopic (exact) mass is 287 g/mol. The number of nitrogen functional groups attached to an aromatic ring is 1. The van der Waals surface area contributed by atoms with Crippen LogP contribution in [0.2, 0.25) is 0 Å². The van der Waals surface area contributed by atoms with E-state index in [0.717, 1.165) is 12.8 Å². The van der Waals surface area contributed by atoms with Crippen LogP contribution in [0.15, 0.2) is 48.5 Å². The number of hydrazine groups is 1. The van der Waals surface area contributed by atoms with Crippen LogP contribution in [0, 0.1) is 5.82 Å². The van der Waals surface area contributed by atoms with Gasteiger partial charge in [0.1, 0.15) is 5.82 Å². The fraction of sp³-hybridized carbons (Fsp3) is 0.188. The summed E-state index contributed by atoms with van der Waals surface area (Å²) < 4.78 is 13.5. The number of carbonyl (C=O) groups is 1. The number of nitrogens with one attached hydrogen (secondary N) is 2. The van der Waals surface area contributed by atoms with Gasteiger partial charge in [0.05, 0.1) is 11.3 Å². The summed E-state index contributed by atoms with van der Waals surface area (Å²) in [5, 5.41) is 2.77. The summed E-state index contributed by atoms with van der Waals surface area (Å²) in [6.45, 7) is 0.522. The minimum Gasteiger partial charge on any atom is -0.352 e. The fourth-order valence-corrected chi connectivity index (χ4v) is 2.09. The molecule has 5 heteroatoms. The molecule has 0 aromatic heterocycles. The van der Waals surface area contributed by atoms with Crippen molar-refractivity contribution in [3.8, 4) is 0 Å². The minimum atomic E-state index is -0.547. The lowest BCUT2D eigenvalue weighted by Crippen LogP contribution is -2.26. The Hall–Kier alpha value is -2.40. The Balaban J connectivity index is 1.86. The van der Waals surface area contributed by atoms with Gasteiger partial charge in [-0.2, -0.15) is 0 Å². The molecule has 2 aromatic carbocycles. The third kappa shape index (κ3) is 4.03. The van der Waals surface area contributed by atoms with E-state index in [-0.39, 0.29) is 17.2 Å². The highest BCUT2D eigenvalue weighted by molar-refractivity contribution is 5.99. The van der Waals surface area contributed by atoms with Gasteiger partial charge in [-0.15, -0.1) is 0 Å². The molecule has 0 heterocycles. The van der Waals surface area contributed by atoms with Crippen molar-refractivity contribution in [2.24, 2.45) is 5.84 Å². The van der Waals surface area contributed by atoms with Gasteiger partial charge in [0, 0.05) is 6.54 Å². The number of nitrogens with two attached hydrogens (primary N) is 1. The summed E-state index contributed by atoms with van der Waals surface area (Å²) in [5.41, 5.74) is 3.67. The molecule has 21 heavy (non-hydrogen) atoms. The smallest absolute Gasteiger partial charge is 0.253 e. The summed E-state index contributed by atoms with van der Waals surface area (Å²) in [5.74, 6) is 4.37. The van der Waals surface area contributed by atoms with Crippen molar-refractivity contribution < 1.29 is 9.18 Å². The molecule has 2 rings (SSSR count). The number of amides is 1. The lowest BCUT2D eigenvalue weighted by atomic mass is 10.1. The summed E-state index contributed by atoms with van der Waals surface area (Å²) in [7, 11) is 0. The molecule has 1 amide bonds. The molecule has 0 atom stereocenters. The van der Waals surface area contributed by atoms with Crippen LogP contribution in [0.1, 0.15) is 22.3 Å². The van der Waals surface area contributed by atoms with E-state index in [4.69, 9.17) is 5.84 Å². The Labute approximate surface area is 123 Å². The zero-order valence-electron chi connectivity index (χ0n) is 11.6. The van der Waals surface area contributed by atoms with Crippen molar-refractivity contribution in [1.29, 1.82) is 0 Å². The molecule has 4 N–H and O–H groups in total. The first-order valence-corrected chi connectivity index (χ1v) is 6.79. The first-order chi connectivity index (χ1) is 10.2. The molecular weight excluding hydrogens is 269 g/mol. The highest BCUT2D eigenvalue weighted by atomic mass is 19.1. The maximum absolute atomic E-state index is 13.5. The van der Waals surface area contributed by atoms with Gasteiger partial charge in [-0.05, 0) is 30.5 Å². The molecule has 0 aliphatic carbocycles. The van der Waals surface area contributed by atoms with Gasteiger partial charge in [-0.1, -0.05) is 36.4 Å². The number of hydrogen-bond acceptors (Lipinski definition) is 3. The van der Waals surface area contributed by atoms with Crippen LogP contribution in [0.3, 0.4) is 0 Å². The Morgan fingerprint density at radius 3 is 2.57 bits per heavy atom. The van der Waals surface area contributed by atoms with E-state index in [1.54, 1.807) is 0 Å². The van der Waals surface area contributed by atoms with Crippen molar-refractivity contribution >= 4 is 11.6 Å². The lowest BCUT2D eigenvalue weighted by Gasteiger charge is -2.10. The van der Waals surface area contributed by atoms with Crippen molar-refractivity contribution in [2.75, 3.05) is 12.0 Å². The second-order valence-corrected chi connectivity index (χ2v) is 4.65. The zero-order chi connectivity index (χ0) is 15.1. The van der Waals surface area contributed by atoms with Gasteiger partial charge in [-0.3, -0.25) is 10.6 Å². The number of aryl methyl sites for hydroxylation is 1. The van der Waals surface area contributed by atoms with E-state index in [9.17, 15) is 9.18 Å². The highest BCUT2D eigenvalue weighted by Gasteiger charge is 2.13. The van der Waals surface area contributed by atoms with E-state index < -0.39 is 5.82 Å². The number of anilines is 1. The largest absolute Gasteiger partial charge is 0.352 e. The highest BCUT2D eigenvalue weighted by Crippen LogP contribution is 2.18. The lowest BCUT2D eigenvalue weighted by molar-refractivity contribution is 0.0953. The molecular formula is C16H18FN3O. The second-order valence-electron chi connectivity index (χ2n) is 4.65. The molecule has 0 fully saturated rings. The Morgan fingerprint density at radius 2 is 1.86 bits per heavy atom. The van der Waals surface area contributed by atoms with Crippen molar-refractivity contribution in [3.63, 3.8) is 0 Å². The summed E-state index contributed by atoms with van der Waals surface area (Å²) in [6, 6.07) is 14.3. The van der Waals surface area contributed by atoms with Crippen LogP contribution >= 0.6 is 0 Å². The van der Waals surface area contributed by atoms with E-state index in [0.29, 0.717) is 6.54 Å². The summed E-state index contributed by atoms with van der Waals surface area (Å²) >= 11 is 0. The average molecular weight is 287 g/mol. The van der Waals surface area contributed by atoms with Gasteiger partial charge >= 0.3 is 0 Å². The fourth-order valence-electron chi connectivity index (χ4n) is 2.09. The van der Waals surface area contributed by atoms with Crippen molar-refractivity contribution in [1.82, 2.24) is 5.32 Å². The van der Waals surface area contributed by atoms with Gasteiger partial charge in [0.25, 0.3) is 5.91 Å².